The summed E-state index contributed by atoms with van der Waals surface area (Å²) in [4.78, 5) is 18.0. The first-order valence-electron chi connectivity index (χ1n) is 7.24. The van der Waals surface area contributed by atoms with Crippen LogP contribution in [-0.2, 0) is 0 Å². The van der Waals surface area contributed by atoms with Gasteiger partial charge in [-0.25, -0.2) is 4.98 Å². The van der Waals surface area contributed by atoms with Gasteiger partial charge in [0.15, 0.2) is 5.69 Å². The van der Waals surface area contributed by atoms with E-state index in [0.717, 1.165) is 18.6 Å². The third-order valence-corrected chi connectivity index (χ3v) is 4.15. The summed E-state index contributed by atoms with van der Waals surface area (Å²) in [7, 11) is 0. The van der Waals surface area contributed by atoms with E-state index in [2.05, 4.69) is 10.1 Å². The van der Waals surface area contributed by atoms with Gasteiger partial charge in [-0.2, -0.15) is 0 Å². The average molecular weight is 320 g/mol. The Labute approximate surface area is 132 Å². The molecule has 0 aromatic carbocycles. The number of carbonyl (C=O) groups excluding carboxylic acids is 1. The number of nitrogens with zero attached hydrogens (tertiary/aromatic N) is 3. The molecular formula is C15H14ClN3O3. The molecule has 2 aliphatic rings. The van der Waals surface area contributed by atoms with Crippen molar-refractivity contribution in [2.45, 2.75) is 24.9 Å². The van der Waals surface area contributed by atoms with Crippen LogP contribution in [0.25, 0.3) is 0 Å². The highest BCUT2D eigenvalue weighted by molar-refractivity contribution is 6.31. The molecule has 1 saturated heterocycles. The Morgan fingerprint density at radius 3 is 2.95 bits per heavy atom. The van der Waals surface area contributed by atoms with Crippen molar-refractivity contribution in [2.75, 3.05) is 13.1 Å². The molecule has 6 nitrogen and oxygen atoms in total. The molecule has 3 heterocycles. The zero-order valence-electron chi connectivity index (χ0n) is 11.7. The molecule has 0 radical (unpaired) electrons. The normalized spacial score (nSPS) is 18.1. The minimum atomic E-state index is -0.123. The van der Waals surface area contributed by atoms with E-state index in [9.17, 15) is 4.79 Å². The van der Waals surface area contributed by atoms with E-state index in [0.29, 0.717) is 35.6 Å². The quantitative estimate of drug-likeness (QED) is 0.866. The Balaban J connectivity index is 1.34. The number of likely N-dealkylation sites (tertiary alicyclic amines) is 1. The summed E-state index contributed by atoms with van der Waals surface area (Å²) in [5, 5.41) is 4.33. The first-order chi connectivity index (χ1) is 10.7. The second-order valence-electron chi connectivity index (χ2n) is 5.63. The molecule has 1 aliphatic heterocycles. The van der Waals surface area contributed by atoms with Crippen molar-refractivity contribution in [3.8, 4) is 5.88 Å². The molecule has 2 aromatic rings. The Morgan fingerprint density at radius 2 is 2.23 bits per heavy atom. The number of hydrogen-bond acceptors (Lipinski definition) is 5. The van der Waals surface area contributed by atoms with E-state index < -0.39 is 0 Å². The van der Waals surface area contributed by atoms with Gasteiger partial charge in [-0.3, -0.25) is 4.79 Å². The van der Waals surface area contributed by atoms with Gasteiger partial charge < -0.3 is 14.2 Å². The van der Waals surface area contributed by atoms with Gasteiger partial charge in [0.25, 0.3) is 5.91 Å². The van der Waals surface area contributed by atoms with Crippen LogP contribution < -0.4 is 4.74 Å². The lowest BCUT2D eigenvalue weighted by Crippen LogP contribution is -2.56. The SMILES string of the molecule is O=C(c1cc(C2CC2)on1)N1CC(Oc2ncccc2Cl)C1. The van der Waals surface area contributed by atoms with Crippen LogP contribution in [0, 0.1) is 0 Å². The fourth-order valence-electron chi connectivity index (χ4n) is 2.41. The van der Waals surface area contributed by atoms with Crippen LogP contribution in [0.15, 0.2) is 28.9 Å². The number of carbonyl (C=O) groups is 1. The summed E-state index contributed by atoms with van der Waals surface area (Å²) in [6.07, 6.45) is 3.77. The summed E-state index contributed by atoms with van der Waals surface area (Å²) in [6, 6.07) is 5.22. The number of pyridine rings is 1. The highest BCUT2D eigenvalue weighted by Crippen LogP contribution is 2.40. The minimum Gasteiger partial charge on any atom is -0.470 e. The van der Waals surface area contributed by atoms with Gasteiger partial charge in [0.05, 0.1) is 13.1 Å². The smallest absolute Gasteiger partial charge is 0.276 e. The van der Waals surface area contributed by atoms with Gasteiger partial charge in [0, 0.05) is 18.2 Å². The molecule has 0 spiro atoms. The first kappa shape index (κ1) is 13.6. The van der Waals surface area contributed by atoms with E-state index in [4.69, 9.17) is 20.9 Å². The number of hydrogen-bond donors (Lipinski definition) is 0. The molecule has 0 atom stereocenters. The van der Waals surface area contributed by atoms with Crippen molar-refractivity contribution >= 4 is 17.5 Å². The fraction of sp³-hybridized carbons (Fsp3) is 0.400. The molecular weight excluding hydrogens is 306 g/mol. The highest BCUT2D eigenvalue weighted by atomic mass is 35.5. The highest BCUT2D eigenvalue weighted by Gasteiger charge is 2.36. The summed E-state index contributed by atoms with van der Waals surface area (Å²) in [5.41, 5.74) is 0.371. The van der Waals surface area contributed by atoms with Crippen molar-refractivity contribution < 1.29 is 14.1 Å². The van der Waals surface area contributed by atoms with Gasteiger partial charge in [0.2, 0.25) is 5.88 Å². The van der Waals surface area contributed by atoms with Gasteiger partial charge in [-0.1, -0.05) is 16.8 Å². The van der Waals surface area contributed by atoms with Crippen molar-refractivity contribution in [1.82, 2.24) is 15.0 Å². The number of halogens is 1. The summed E-state index contributed by atoms with van der Waals surface area (Å²) < 4.78 is 10.9. The van der Waals surface area contributed by atoms with Crippen molar-refractivity contribution in [3.05, 3.63) is 40.9 Å². The van der Waals surface area contributed by atoms with E-state index in [1.165, 1.54) is 0 Å². The van der Waals surface area contributed by atoms with Crippen LogP contribution in [0.1, 0.15) is 35.0 Å². The molecule has 114 valence electrons. The summed E-state index contributed by atoms with van der Waals surface area (Å²) >= 11 is 5.99. The maximum atomic E-state index is 12.3. The largest absolute Gasteiger partial charge is 0.470 e. The Kier molecular flexibility index (Phi) is 3.26. The maximum absolute atomic E-state index is 12.3. The maximum Gasteiger partial charge on any atom is 0.276 e. The molecule has 7 heteroatoms. The molecule has 0 N–H and O–H groups in total. The van der Waals surface area contributed by atoms with Crippen LogP contribution in [-0.4, -0.2) is 40.1 Å². The fourth-order valence-corrected chi connectivity index (χ4v) is 2.57. The molecule has 1 aliphatic carbocycles. The lowest BCUT2D eigenvalue weighted by Gasteiger charge is -2.38. The van der Waals surface area contributed by atoms with Gasteiger partial charge in [-0.05, 0) is 25.0 Å². The number of ether oxygens (including phenoxy) is 1. The zero-order chi connectivity index (χ0) is 15.1. The molecule has 2 fully saturated rings. The molecule has 0 bridgehead atoms. The molecule has 22 heavy (non-hydrogen) atoms. The predicted molar refractivity (Wildman–Crippen MR) is 78.0 cm³/mol. The van der Waals surface area contributed by atoms with Crippen molar-refractivity contribution in [3.63, 3.8) is 0 Å². The van der Waals surface area contributed by atoms with Gasteiger partial charge in [-0.15, -0.1) is 0 Å². The Hall–Kier alpha value is -2.08. The van der Waals surface area contributed by atoms with Crippen LogP contribution in [0.3, 0.4) is 0 Å². The molecule has 0 unspecified atom stereocenters. The summed E-state index contributed by atoms with van der Waals surface area (Å²) in [6.45, 7) is 0.995. The van der Waals surface area contributed by atoms with Gasteiger partial charge in [0.1, 0.15) is 16.9 Å². The van der Waals surface area contributed by atoms with E-state index >= 15 is 0 Å². The lowest BCUT2D eigenvalue weighted by molar-refractivity contribution is 0.0153. The second-order valence-corrected chi connectivity index (χ2v) is 6.04. The molecule has 2 aromatic heterocycles. The Bertz CT molecular complexity index is 708. The Morgan fingerprint density at radius 1 is 1.41 bits per heavy atom. The van der Waals surface area contributed by atoms with E-state index in [1.54, 1.807) is 29.3 Å². The molecule has 4 rings (SSSR count). The van der Waals surface area contributed by atoms with Crippen molar-refractivity contribution in [1.29, 1.82) is 0 Å². The number of aromatic nitrogens is 2. The standard InChI is InChI=1S/C15H14ClN3O3/c16-11-2-1-5-17-14(11)21-10-7-19(8-10)15(20)12-6-13(22-18-12)9-3-4-9/h1-2,5-6,9-10H,3-4,7-8H2. The third kappa shape index (κ3) is 2.54. The van der Waals surface area contributed by atoms with Crippen molar-refractivity contribution in [2.24, 2.45) is 0 Å². The molecule has 1 amide bonds. The third-order valence-electron chi connectivity index (χ3n) is 3.87. The zero-order valence-corrected chi connectivity index (χ0v) is 12.5. The predicted octanol–water partition coefficient (Wildman–Crippen LogP) is 2.50. The number of rotatable bonds is 4. The van der Waals surface area contributed by atoms with Crippen LogP contribution in [0.5, 0.6) is 5.88 Å². The average Bonchev–Trinajstić information content (AvgIpc) is 3.21. The van der Waals surface area contributed by atoms with E-state index in [1.807, 2.05) is 0 Å². The first-order valence-corrected chi connectivity index (χ1v) is 7.61. The molecule has 1 saturated carbocycles. The summed E-state index contributed by atoms with van der Waals surface area (Å²) in [5.74, 6) is 1.55. The van der Waals surface area contributed by atoms with E-state index in [-0.39, 0.29) is 12.0 Å². The van der Waals surface area contributed by atoms with Gasteiger partial charge >= 0.3 is 0 Å². The van der Waals surface area contributed by atoms with Crippen LogP contribution >= 0.6 is 11.6 Å². The van der Waals surface area contributed by atoms with Crippen LogP contribution in [0.4, 0.5) is 0 Å². The second kappa shape index (κ2) is 5.28. The van der Waals surface area contributed by atoms with Crippen LogP contribution in [0.2, 0.25) is 5.02 Å². The number of amides is 1. The topological polar surface area (TPSA) is 68.5 Å². The monoisotopic (exact) mass is 319 g/mol. The minimum absolute atomic E-state index is 0.0915. The lowest BCUT2D eigenvalue weighted by atomic mass is 10.1.